The first-order valence-electron chi connectivity index (χ1n) is 14.4. The Bertz CT molecular complexity index is 1810. The quantitative estimate of drug-likeness (QED) is 0.391. The van der Waals surface area contributed by atoms with Crippen molar-refractivity contribution in [2.45, 2.75) is 44.6 Å². The number of pyridine rings is 2. The van der Waals surface area contributed by atoms with E-state index in [4.69, 9.17) is 10.7 Å². The number of hydrogen-bond acceptors (Lipinski definition) is 8. The van der Waals surface area contributed by atoms with Gasteiger partial charge < -0.3 is 20.1 Å². The van der Waals surface area contributed by atoms with Gasteiger partial charge in [-0.05, 0) is 50.2 Å². The van der Waals surface area contributed by atoms with Gasteiger partial charge in [-0.1, -0.05) is 30.4 Å². The number of para-hydroxylation sites is 1. The molecule has 1 atom stereocenters. The van der Waals surface area contributed by atoms with Gasteiger partial charge in [-0.2, -0.15) is 5.26 Å². The van der Waals surface area contributed by atoms with Gasteiger partial charge in [0.1, 0.15) is 29.6 Å². The molecular formula is C32H32N8O. The number of piperidine rings is 1. The number of fused-ring (bicyclic) bond motifs is 2. The monoisotopic (exact) mass is 544 g/mol. The number of rotatable bonds is 4. The molecule has 2 saturated heterocycles. The van der Waals surface area contributed by atoms with Crippen molar-refractivity contribution in [2.24, 2.45) is 7.05 Å². The van der Waals surface area contributed by atoms with E-state index in [0.717, 1.165) is 89.9 Å². The van der Waals surface area contributed by atoms with Gasteiger partial charge in [0.25, 0.3) is 5.56 Å². The number of nitrogens with two attached hydrogens (primary N) is 1. The Balaban J connectivity index is 1.43. The van der Waals surface area contributed by atoms with Crippen molar-refractivity contribution >= 4 is 34.4 Å². The zero-order valence-electron chi connectivity index (χ0n) is 23.2. The summed E-state index contributed by atoms with van der Waals surface area (Å²) >= 11 is 0. The highest BCUT2D eigenvalue weighted by atomic mass is 16.1. The van der Waals surface area contributed by atoms with Crippen LogP contribution >= 0.6 is 0 Å². The van der Waals surface area contributed by atoms with E-state index in [1.165, 1.54) is 12.7 Å². The number of nitrogen functional groups attached to an aromatic ring is 1. The molecule has 206 valence electrons. The molecule has 1 unspecified atom stereocenters. The Morgan fingerprint density at radius 3 is 2.73 bits per heavy atom. The third-order valence-corrected chi connectivity index (χ3v) is 8.78. The maximum absolute atomic E-state index is 12.8. The molecule has 2 aliphatic heterocycles. The number of nitriles is 1. The average Bonchev–Trinajstić information content (AvgIpc) is 3.69. The molecule has 3 aliphatic rings. The van der Waals surface area contributed by atoms with E-state index >= 15 is 0 Å². The van der Waals surface area contributed by atoms with Crippen molar-refractivity contribution in [3.8, 4) is 17.2 Å². The van der Waals surface area contributed by atoms with Crippen LogP contribution in [0.25, 0.3) is 28.1 Å². The van der Waals surface area contributed by atoms with Gasteiger partial charge in [0, 0.05) is 60.5 Å². The van der Waals surface area contributed by atoms with Crippen LogP contribution in [0.3, 0.4) is 0 Å². The zero-order chi connectivity index (χ0) is 28.1. The van der Waals surface area contributed by atoms with E-state index in [0.29, 0.717) is 17.8 Å². The minimum Gasteiger partial charge on any atom is -0.382 e. The molecule has 4 aromatic rings. The molecule has 1 aliphatic carbocycles. The normalized spacial score (nSPS) is 18.2. The summed E-state index contributed by atoms with van der Waals surface area (Å²) in [5, 5.41) is 10.9. The van der Waals surface area contributed by atoms with E-state index in [9.17, 15) is 10.1 Å². The Morgan fingerprint density at radius 2 is 1.90 bits per heavy atom. The molecule has 9 heteroatoms. The first-order chi connectivity index (χ1) is 20.0. The molecule has 0 amide bonds. The van der Waals surface area contributed by atoms with E-state index in [1.807, 2.05) is 13.2 Å². The summed E-state index contributed by atoms with van der Waals surface area (Å²) in [4.78, 5) is 31.5. The maximum atomic E-state index is 12.8. The number of aryl methyl sites for hydroxylation is 1. The molecule has 41 heavy (non-hydrogen) atoms. The molecule has 3 aromatic heterocycles. The van der Waals surface area contributed by atoms with Crippen molar-refractivity contribution in [1.29, 1.82) is 5.26 Å². The number of benzene rings is 1. The first kappa shape index (κ1) is 25.3. The molecule has 0 bridgehead atoms. The fraction of sp³-hybridized carbons (Fsp3) is 0.344. The lowest BCUT2D eigenvalue weighted by molar-refractivity contribution is 0.569. The van der Waals surface area contributed by atoms with Gasteiger partial charge in [0.05, 0.1) is 11.6 Å². The SMILES string of the molecule is Cn1cc(-c2cccc3cc(C4CCCN4c4ncnc(N)c4C#N)c(N4CCCCC4)nc23)c2c(c1=O)CC=C2. The lowest BCUT2D eigenvalue weighted by Gasteiger charge is -2.34. The van der Waals surface area contributed by atoms with Crippen LogP contribution in [0.5, 0.6) is 0 Å². The van der Waals surface area contributed by atoms with Gasteiger partial charge in [0.15, 0.2) is 5.82 Å². The number of allylic oxidation sites excluding steroid dienone is 1. The highest BCUT2D eigenvalue weighted by Gasteiger charge is 2.34. The zero-order valence-corrected chi connectivity index (χ0v) is 23.2. The van der Waals surface area contributed by atoms with Gasteiger partial charge in [-0.25, -0.2) is 15.0 Å². The minimum atomic E-state index is 0.0126. The van der Waals surface area contributed by atoms with Crippen molar-refractivity contribution in [3.05, 3.63) is 75.5 Å². The molecule has 5 heterocycles. The summed E-state index contributed by atoms with van der Waals surface area (Å²) in [5.41, 5.74) is 12.5. The molecule has 2 N–H and O–H groups in total. The molecule has 0 radical (unpaired) electrons. The number of hydrogen-bond donors (Lipinski definition) is 1. The topological polar surface area (TPSA) is 117 Å². The lowest BCUT2D eigenvalue weighted by Crippen LogP contribution is -2.33. The molecule has 1 aromatic carbocycles. The summed E-state index contributed by atoms with van der Waals surface area (Å²) in [7, 11) is 1.82. The fourth-order valence-corrected chi connectivity index (χ4v) is 6.79. The van der Waals surface area contributed by atoms with Gasteiger partial charge in [-0.15, -0.1) is 0 Å². The highest BCUT2D eigenvalue weighted by Crippen LogP contribution is 2.43. The summed E-state index contributed by atoms with van der Waals surface area (Å²) in [6, 6.07) is 10.8. The third kappa shape index (κ3) is 4.13. The summed E-state index contributed by atoms with van der Waals surface area (Å²) in [5.74, 6) is 1.80. The Labute approximate surface area is 238 Å². The first-order valence-corrected chi connectivity index (χ1v) is 14.4. The van der Waals surface area contributed by atoms with Crippen molar-refractivity contribution < 1.29 is 0 Å². The standard InChI is InChI=1S/C32H32N8O/c1-38-18-26(21-9-6-11-23(21)32(38)41)22-10-5-8-20-16-24(31(37-28(20)22)39-13-3-2-4-14-39)27-12-7-15-40(27)30-25(17-33)29(34)35-19-36-30/h5-6,8-10,16,18-19,27H,2-4,7,11-15H2,1H3,(H2,34,35,36). The van der Waals surface area contributed by atoms with Crippen molar-refractivity contribution in [2.75, 3.05) is 35.2 Å². The van der Waals surface area contributed by atoms with Crippen LogP contribution in [0, 0.1) is 11.3 Å². The highest BCUT2D eigenvalue weighted by molar-refractivity contribution is 5.97. The van der Waals surface area contributed by atoms with Crippen LogP contribution in [0.1, 0.15) is 60.4 Å². The molecule has 2 fully saturated rings. The maximum Gasteiger partial charge on any atom is 0.254 e. The van der Waals surface area contributed by atoms with Crippen molar-refractivity contribution in [1.82, 2.24) is 19.5 Å². The predicted octanol–water partition coefficient (Wildman–Crippen LogP) is 4.75. The van der Waals surface area contributed by atoms with E-state index < -0.39 is 0 Å². The smallest absolute Gasteiger partial charge is 0.254 e. The predicted molar refractivity (Wildman–Crippen MR) is 162 cm³/mol. The number of aromatic nitrogens is 4. The van der Waals surface area contributed by atoms with Crippen LogP contribution < -0.4 is 21.1 Å². The Morgan fingerprint density at radius 1 is 1.05 bits per heavy atom. The van der Waals surface area contributed by atoms with Crippen LogP contribution in [-0.4, -0.2) is 39.2 Å². The average molecular weight is 545 g/mol. The lowest BCUT2D eigenvalue weighted by atomic mass is 9.95. The Kier molecular flexibility index (Phi) is 6.19. The number of nitrogens with zero attached hydrogens (tertiary/aromatic N) is 7. The third-order valence-electron chi connectivity index (χ3n) is 8.78. The summed E-state index contributed by atoms with van der Waals surface area (Å²) < 4.78 is 1.69. The summed E-state index contributed by atoms with van der Waals surface area (Å²) in [6.07, 6.45) is 13.6. The second kappa shape index (κ2) is 10.0. The van der Waals surface area contributed by atoms with Crippen molar-refractivity contribution in [3.63, 3.8) is 0 Å². The number of anilines is 3. The van der Waals surface area contributed by atoms with Gasteiger partial charge in [0.2, 0.25) is 0 Å². The van der Waals surface area contributed by atoms with Gasteiger partial charge >= 0.3 is 0 Å². The Hall–Kier alpha value is -4.71. The van der Waals surface area contributed by atoms with E-state index in [1.54, 1.807) is 4.57 Å². The second-order valence-corrected chi connectivity index (χ2v) is 11.2. The van der Waals surface area contributed by atoms with Crippen LogP contribution in [0.15, 0.2) is 47.7 Å². The minimum absolute atomic E-state index is 0.0126. The largest absolute Gasteiger partial charge is 0.382 e. The van der Waals surface area contributed by atoms with Gasteiger partial charge in [-0.3, -0.25) is 4.79 Å². The second-order valence-electron chi connectivity index (χ2n) is 11.2. The summed E-state index contributed by atoms with van der Waals surface area (Å²) in [6.45, 7) is 2.70. The molecule has 9 nitrogen and oxygen atoms in total. The van der Waals surface area contributed by atoms with Crippen LogP contribution in [0.2, 0.25) is 0 Å². The van der Waals surface area contributed by atoms with E-state index in [2.05, 4.69) is 62.3 Å². The molecular weight excluding hydrogens is 512 g/mol. The molecule has 0 spiro atoms. The fourth-order valence-electron chi connectivity index (χ4n) is 6.79. The van der Waals surface area contributed by atoms with E-state index in [-0.39, 0.29) is 17.4 Å². The van der Waals surface area contributed by atoms with Crippen LogP contribution in [-0.2, 0) is 13.5 Å². The van der Waals surface area contributed by atoms with Crippen LogP contribution in [0.4, 0.5) is 17.5 Å². The molecule has 0 saturated carbocycles. The molecule has 7 rings (SSSR count).